The van der Waals surface area contributed by atoms with Gasteiger partial charge >= 0.3 is 5.97 Å². The maximum Gasteiger partial charge on any atom is 0.305 e. The van der Waals surface area contributed by atoms with E-state index in [1.165, 1.54) is 6.08 Å². The second kappa shape index (κ2) is 5.62. The van der Waals surface area contributed by atoms with E-state index in [9.17, 15) is 9.59 Å². The Morgan fingerprint density at radius 2 is 2.36 bits per heavy atom. The minimum atomic E-state index is -0.289. The van der Waals surface area contributed by atoms with Gasteiger partial charge in [-0.15, -0.1) is 0 Å². The molecule has 1 atom stereocenters. The fourth-order valence-corrected chi connectivity index (χ4v) is 0.443. The number of hydrogen-bond donors (Lipinski definition) is 0. The summed E-state index contributed by atoms with van der Waals surface area (Å²) in [7, 11) is 0. The number of nitrogens with zero attached hydrogens (tertiary/aromatic N) is 1. The maximum atomic E-state index is 10.6. The van der Waals surface area contributed by atoms with Crippen LogP contribution in [0.15, 0.2) is 4.99 Å². The van der Waals surface area contributed by atoms with Gasteiger partial charge in [-0.3, -0.25) is 4.79 Å². The van der Waals surface area contributed by atoms with Crippen molar-refractivity contribution in [3.63, 3.8) is 0 Å². The van der Waals surface area contributed by atoms with Crippen LogP contribution in [0.5, 0.6) is 0 Å². The van der Waals surface area contributed by atoms with Gasteiger partial charge in [0.1, 0.15) is 6.61 Å². The molecule has 0 saturated carbocycles. The summed E-state index contributed by atoms with van der Waals surface area (Å²) < 4.78 is 4.69. The smallest absolute Gasteiger partial charge is 0.305 e. The van der Waals surface area contributed by atoms with E-state index in [2.05, 4.69) is 4.99 Å². The molecular weight excluding hydrogens is 146 g/mol. The van der Waals surface area contributed by atoms with Crippen LogP contribution >= 0.6 is 0 Å². The van der Waals surface area contributed by atoms with Crippen molar-refractivity contribution < 1.29 is 14.3 Å². The number of ether oxygens (including phenoxy) is 1. The van der Waals surface area contributed by atoms with E-state index in [0.717, 1.165) is 0 Å². The molecule has 0 fully saturated rings. The van der Waals surface area contributed by atoms with E-state index in [-0.39, 0.29) is 18.6 Å². The average molecular weight is 157 g/mol. The fraction of sp³-hybridized carbons (Fsp3) is 0.714. The van der Waals surface area contributed by atoms with Gasteiger partial charge in [0, 0.05) is 6.42 Å². The summed E-state index contributed by atoms with van der Waals surface area (Å²) in [4.78, 5) is 23.6. The van der Waals surface area contributed by atoms with Crippen molar-refractivity contribution in [1.29, 1.82) is 0 Å². The zero-order valence-electron chi connectivity index (χ0n) is 6.66. The largest absolute Gasteiger partial charge is 0.463 e. The molecule has 0 aromatic carbocycles. The highest BCUT2D eigenvalue weighted by Crippen LogP contribution is 1.91. The van der Waals surface area contributed by atoms with Crippen molar-refractivity contribution in [2.24, 2.45) is 4.99 Å². The summed E-state index contributed by atoms with van der Waals surface area (Å²) in [5.74, 6) is -0.280. The van der Waals surface area contributed by atoms with Gasteiger partial charge in [0.05, 0.1) is 6.04 Å². The van der Waals surface area contributed by atoms with Crippen LogP contribution in [0, 0.1) is 0 Å². The highest BCUT2D eigenvalue weighted by atomic mass is 16.5. The number of hydrogen-bond acceptors (Lipinski definition) is 4. The van der Waals surface area contributed by atoms with Crippen LogP contribution in [0.2, 0.25) is 0 Å². The Bertz CT molecular complexity index is 173. The molecule has 0 aromatic heterocycles. The zero-order chi connectivity index (χ0) is 8.69. The van der Waals surface area contributed by atoms with Gasteiger partial charge in [-0.25, -0.2) is 4.79 Å². The first-order valence-electron chi connectivity index (χ1n) is 3.43. The Morgan fingerprint density at radius 1 is 1.73 bits per heavy atom. The van der Waals surface area contributed by atoms with Gasteiger partial charge in [-0.05, 0) is 6.92 Å². The van der Waals surface area contributed by atoms with Gasteiger partial charge < -0.3 is 4.74 Å². The molecule has 0 N–H and O–H groups in total. The lowest BCUT2D eigenvalue weighted by molar-refractivity contribution is -0.143. The molecule has 0 heterocycles. The van der Waals surface area contributed by atoms with Crippen LogP contribution in [-0.2, 0) is 14.3 Å². The second-order valence-corrected chi connectivity index (χ2v) is 2.11. The first kappa shape index (κ1) is 9.85. The molecule has 0 rings (SSSR count). The Morgan fingerprint density at radius 3 is 2.82 bits per heavy atom. The normalized spacial score (nSPS) is 11.5. The van der Waals surface area contributed by atoms with Crippen molar-refractivity contribution in [1.82, 2.24) is 0 Å². The lowest BCUT2D eigenvalue weighted by Gasteiger charge is -2.03. The highest BCUT2D eigenvalue weighted by Gasteiger charge is 2.02. The van der Waals surface area contributed by atoms with Crippen molar-refractivity contribution in [2.45, 2.75) is 26.3 Å². The summed E-state index contributed by atoms with van der Waals surface area (Å²) in [6.07, 6.45) is 1.74. The van der Waals surface area contributed by atoms with E-state index < -0.39 is 0 Å². The molecular formula is C7H11NO3. The lowest BCUT2D eigenvalue weighted by atomic mass is 10.4. The predicted octanol–water partition coefficient (Wildman–Crippen LogP) is 0.664. The Labute approximate surface area is 65.3 Å². The molecule has 1 unspecified atom stereocenters. The maximum absolute atomic E-state index is 10.6. The summed E-state index contributed by atoms with van der Waals surface area (Å²) in [5, 5.41) is 0. The first-order chi connectivity index (χ1) is 5.20. The number of rotatable bonds is 4. The molecule has 0 saturated heterocycles. The topological polar surface area (TPSA) is 55.7 Å². The third-order valence-electron chi connectivity index (χ3n) is 1.05. The average Bonchev–Trinajstić information content (AvgIpc) is 2.01. The molecule has 4 nitrogen and oxygen atoms in total. The number of isocyanates is 1. The molecule has 0 aliphatic heterocycles. The molecule has 11 heavy (non-hydrogen) atoms. The van der Waals surface area contributed by atoms with Crippen LogP contribution < -0.4 is 0 Å². The molecule has 0 bridgehead atoms. The molecule has 0 radical (unpaired) electrons. The van der Waals surface area contributed by atoms with E-state index >= 15 is 0 Å². The predicted molar refractivity (Wildman–Crippen MR) is 38.8 cm³/mol. The van der Waals surface area contributed by atoms with Crippen molar-refractivity contribution >= 4 is 12.0 Å². The van der Waals surface area contributed by atoms with Crippen LogP contribution in [-0.4, -0.2) is 24.7 Å². The Kier molecular flexibility index (Phi) is 5.03. The monoisotopic (exact) mass is 157 g/mol. The third-order valence-corrected chi connectivity index (χ3v) is 1.05. The lowest BCUT2D eigenvalue weighted by Crippen LogP contribution is -2.13. The molecule has 0 aliphatic rings. The molecule has 0 spiro atoms. The van der Waals surface area contributed by atoms with Gasteiger partial charge in [0.2, 0.25) is 6.08 Å². The SMILES string of the molecule is CCC(=O)OCC(C)N=C=O. The first-order valence-corrected chi connectivity index (χ1v) is 3.43. The van der Waals surface area contributed by atoms with Crippen LogP contribution in [0.3, 0.4) is 0 Å². The summed E-state index contributed by atoms with van der Waals surface area (Å²) in [6, 6.07) is -0.289. The van der Waals surface area contributed by atoms with E-state index in [1.54, 1.807) is 13.8 Å². The summed E-state index contributed by atoms with van der Waals surface area (Å²) in [6.45, 7) is 3.53. The number of esters is 1. The zero-order valence-corrected chi connectivity index (χ0v) is 6.66. The van der Waals surface area contributed by atoms with Crippen molar-refractivity contribution in [3.8, 4) is 0 Å². The Balaban J connectivity index is 3.53. The summed E-state index contributed by atoms with van der Waals surface area (Å²) >= 11 is 0. The number of carbonyl (C=O) groups is 1. The molecule has 4 heteroatoms. The quantitative estimate of drug-likeness (QED) is 0.342. The Hall–Kier alpha value is -1.15. The van der Waals surface area contributed by atoms with Gasteiger partial charge in [-0.2, -0.15) is 4.99 Å². The van der Waals surface area contributed by atoms with Gasteiger partial charge in [-0.1, -0.05) is 6.92 Å². The van der Waals surface area contributed by atoms with Crippen LogP contribution in [0.4, 0.5) is 0 Å². The number of aliphatic imine (C=N–C) groups is 1. The van der Waals surface area contributed by atoms with Gasteiger partial charge in [0.15, 0.2) is 0 Å². The standard InChI is InChI=1S/C7H11NO3/c1-3-7(10)11-4-6(2)8-5-9/h6H,3-4H2,1-2H3. The van der Waals surface area contributed by atoms with E-state index in [1.807, 2.05) is 0 Å². The second-order valence-electron chi connectivity index (χ2n) is 2.11. The highest BCUT2D eigenvalue weighted by molar-refractivity contribution is 5.68. The van der Waals surface area contributed by atoms with Crippen LogP contribution in [0.1, 0.15) is 20.3 Å². The van der Waals surface area contributed by atoms with Crippen molar-refractivity contribution in [3.05, 3.63) is 0 Å². The van der Waals surface area contributed by atoms with E-state index in [0.29, 0.717) is 6.42 Å². The van der Waals surface area contributed by atoms with Crippen LogP contribution in [0.25, 0.3) is 0 Å². The molecule has 0 aliphatic carbocycles. The van der Waals surface area contributed by atoms with E-state index in [4.69, 9.17) is 4.74 Å². The van der Waals surface area contributed by atoms with Crippen molar-refractivity contribution in [2.75, 3.05) is 6.61 Å². The summed E-state index contributed by atoms with van der Waals surface area (Å²) in [5.41, 5.74) is 0. The minimum Gasteiger partial charge on any atom is -0.463 e. The minimum absolute atomic E-state index is 0.155. The molecule has 62 valence electrons. The van der Waals surface area contributed by atoms with Gasteiger partial charge in [0.25, 0.3) is 0 Å². The number of carbonyl (C=O) groups excluding carboxylic acids is 2. The molecule has 0 aromatic rings. The molecule has 0 amide bonds. The fourth-order valence-electron chi connectivity index (χ4n) is 0.443. The third kappa shape index (κ3) is 5.30.